The first kappa shape index (κ1) is 13.6. The van der Waals surface area contributed by atoms with E-state index >= 15 is 0 Å². The fraction of sp³-hybridized carbons (Fsp3) is 0.867. The Kier molecular flexibility index (Phi) is 2.72. The van der Waals surface area contributed by atoms with Crippen molar-refractivity contribution in [3.05, 3.63) is 11.1 Å². The van der Waals surface area contributed by atoms with Crippen LogP contribution in [0.3, 0.4) is 0 Å². The molecule has 0 radical (unpaired) electrons. The third kappa shape index (κ3) is 1.60. The lowest BCUT2D eigenvalue weighted by Gasteiger charge is -2.58. The van der Waals surface area contributed by atoms with E-state index in [2.05, 4.69) is 0 Å². The first-order valence-electron chi connectivity index (χ1n) is 7.18. The lowest BCUT2D eigenvalue weighted by atomic mass is 9.52. The van der Waals surface area contributed by atoms with Gasteiger partial charge in [0.15, 0.2) is 0 Å². The number of aliphatic hydroxyl groups excluding tert-OH is 1. The Morgan fingerprint density at radius 3 is 2.58 bits per heavy atom. The Hall–Kier alpha value is -0.420. The summed E-state index contributed by atoms with van der Waals surface area (Å²) in [4.78, 5) is 0. The van der Waals surface area contributed by atoms with Crippen LogP contribution in [0.2, 0.25) is 0 Å². The summed E-state index contributed by atoms with van der Waals surface area (Å²) in [5, 5.41) is 32.1. The zero-order valence-corrected chi connectivity index (χ0v) is 11.9. The summed E-state index contributed by atoms with van der Waals surface area (Å²) in [6.07, 6.45) is 2.07. The van der Waals surface area contributed by atoms with Gasteiger partial charge in [-0.25, -0.2) is 0 Å². The standard InChI is InChI=1S/C15H24O4/c1-9-8-19-15(18)10(9)7-11-13(2,12(15)16)5-4-6-14(11,3)17/h11-12,16-18H,4-8H2,1-3H3/t11-,12+,13+,14-,15-/m1/s1. The smallest absolute Gasteiger partial charge is 0.216 e. The van der Waals surface area contributed by atoms with Gasteiger partial charge >= 0.3 is 0 Å². The van der Waals surface area contributed by atoms with E-state index in [1.54, 1.807) is 0 Å². The van der Waals surface area contributed by atoms with Gasteiger partial charge in [0.2, 0.25) is 5.79 Å². The summed E-state index contributed by atoms with van der Waals surface area (Å²) < 4.78 is 5.50. The van der Waals surface area contributed by atoms with Crippen molar-refractivity contribution >= 4 is 0 Å². The van der Waals surface area contributed by atoms with E-state index < -0.39 is 22.9 Å². The Morgan fingerprint density at radius 2 is 1.89 bits per heavy atom. The molecular weight excluding hydrogens is 244 g/mol. The van der Waals surface area contributed by atoms with Crippen LogP contribution < -0.4 is 0 Å². The second-order valence-electron chi connectivity index (χ2n) is 7.12. The lowest BCUT2D eigenvalue weighted by molar-refractivity contribution is -0.284. The van der Waals surface area contributed by atoms with Gasteiger partial charge in [0.05, 0.1) is 12.2 Å². The quantitative estimate of drug-likeness (QED) is 0.580. The summed E-state index contributed by atoms with van der Waals surface area (Å²) >= 11 is 0. The van der Waals surface area contributed by atoms with Crippen LogP contribution in [0.1, 0.15) is 46.5 Å². The van der Waals surface area contributed by atoms with Gasteiger partial charge in [0, 0.05) is 5.41 Å². The van der Waals surface area contributed by atoms with Crippen LogP contribution in [0.5, 0.6) is 0 Å². The predicted octanol–water partition coefficient (Wildman–Crippen LogP) is 1.34. The van der Waals surface area contributed by atoms with E-state index in [-0.39, 0.29) is 5.92 Å². The molecular formula is C15H24O4. The summed E-state index contributed by atoms with van der Waals surface area (Å²) in [6.45, 7) is 6.13. The number of hydrogen-bond donors (Lipinski definition) is 3. The molecule has 4 nitrogen and oxygen atoms in total. The maximum atomic E-state index is 10.7. The molecule has 2 fully saturated rings. The zero-order valence-electron chi connectivity index (χ0n) is 11.9. The van der Waals surface area contributed by atoms with Crippen molar-refractivity contribution in [2.45, 2.75) is 63.9 Å². The SMILES string of the molecule is CC1=C2C[C@@H]3[C@](C)(CCC[C@@]3(C)O)[C@H](O)[C@]2(O)OC1. The fourth-order valence-corrected chi connectivity index (χ4v) is 4.58. The zero-order chi connectivity index (χ0) is 14.1. The number of ether oxygens (including phenoxy) is 1. The van der Waals surface area contributed by atoms with Crippen molar-refractivity contribution in [3.8, 4) is 0 Å². The summed E-state index contributed by atoms with van der Waals surface area (Å²) in [6, 6.07) is 0. The third-order valence-corrected chi connectivity index (χ3v) is 5.80. The highest BCUT2D eigenvalue weighted by Crippen LogP contribution is 2.59. The maximum Gasteiger partial charge on any atom is 0.216 e. The first-order chi connectivity index (χ1) is 8.72. The average Bonchev–Trinajstić information content (AvgIpc) is 2.60. The predicted molar refractivity (Wildman–Crippen MR) is 70.3 cm³/mol. The number of fused-ring (bicyclic) bond motifs is 2. The summed E-state index contributed by atoms with van der Waals surface area (Å²) in [5.74, 6) is -1.57. The molecule has 1 heterocycles. The van der Waals surface area contributed by atoms with Crippen LogP contribution >= 0.6 is 0 Å². The monoisotopic (exact) mass is 268 g/mol. The summed E-state index contributed by atoms with van der Waals surface area (Å²) in [5.41, 5.74) is 0.491. The number of hydrogen-bond acceptors (Lipinski definition) is 4. The average molecular weight is 268 g/mol. The maximum absolute atomic E-state index is 10.7. The van der Waals surface area contributed by atoms with Crippen LogP contribution in [-0.4, -0.2) is 39.4 Å². The third-order valence-electron chi connectivity index (χ3n) is 5.80. The molecule has 0 aromatic heterocycles. The van der Waals surface area contributed by atoms with Gasteiger partial charge in [-0.15, -0.1) is 0 Å². The van der Waals surface area contributed by atoms with E-state index in [9.17, 15) is 15.3 Å². The first-order valence-corrected chi connectivity index (χ1v) is 7.18. The molecule has 4 heteroatoms. The van der Waals surface area contributed by atoms with Gasteiger partial charge in [0.25, 0.3) is 0 Å². The molecule has 0 spiro atoms. The molecule has 3 rings (SSSR count). The minimum atomic E-state index is -1.54. The molecule has 0 aromatic rings. The highest BCUT2D eigenvalue weighted by Gasteiger charge is 2.64. The van der Waals surface area contributed by atoms with Crippen LogP contribution in [-0.2, 0) is 4.74 Å². The van der Waals surface area contributed by atoms with Crippen molar-refractivity contribution in [1.82, 2.24) is 0 Å². The van der Waals surface area contributed by atoms with Gasteiger partial charge in [-0.3, -0.25) is 0 Å². The van der Waals surface area contributed by atoms with Crippen LogP contribution in [0, 0.1) is 11.3 Å². The molecule has 19 heavy (non-hydrogen) atoms. The molecule has 3 aliphatic rings. The molecule has 2 saturated carbocycles. The minimum Gasteiger partial charge on any atom is -0.390 e. The molecule has 5 atom stereocenters. The van der Waals surface area contributed by atoms with Crippen LogP contribution in [0.4, 0.5) is 0 Å². The number of aliphatic hydroxyl groups is 3. The molecule has 2 aliphatic carbocycles. The lowest BCUT2D eigenvalue weighted by Crippen LogP contribution is -2.64. The van der Waals surface area contributed by atoms with Gasteiger partial charge < -0.3 is 20.1 Å². The van der Waals surface area contributed by atoms with E-state index in [0.29, 0.717) is 13.0 Å². The van der Waals surface area contributed by atoms with Gasteiger partial charge in [-0.1, -0.05) is 6.92 Å². The normalized spacial score (nSPS) is 54.0. The molecule has 108 valence electrons. The van der Waals surface area contributed by atoms with Crippen LogP contribution in [0.15, 0.2) is 11.1 Å². The molecule has 0 saturated heterocycles. The minimum absolute atomic E-state index is 0.0318. The molecule has 1 aliphatic heterocycles. The highest BCUT2D eigenvalue weighted by molar-refractivity contribution is 5.33. The van der Waals surface area contributed by atoms with Crippen molar-refractivity contribution in [2.24, 2.45) is 11.3 Å². The molecule has 0 amide bonds. The van der Waals surface area contributed by atoms with Crippen molar-refractivity contribution in [1.29, 1.82) is 0 Å². The van der Waals surface area contributed by atoms with Crippen molar-refractivity contribution < 1.29 is 20.1 Å². The number of rotatable bonds is 0. The van der Waals surface area contributed by atoms with Crippen LogP contribution in [0.25, 0.3) is 0 Å². The largest absolute Gasteiger partial charge is 0.390 e. The fourth-order valence-electron chi connectivity index (χ4n) is 4.58. The Balaban J connectivity index is 2.09. The van der Waals surface area contributed by atoms with Crippen molar-refractivity contribution in [2.75, 3.05) is 6.61 Å². The van der Waals surface area contributed by atoms with E-state index in [0.717, 1.165) is 30.4 Å². The van der Waals surface area contributed by atoms with E-state index in [1.807, 2.05) is 20.8 Å². The van der Waals surface area contributed by atoms with Gasteiger partial charge in [-0.05, 0) is 56.6 Å². The highest BCUT2D eigenvalue weighted by atomic mass is 16.6. The second-order valence-corrected chi connectivity index (χ2v) is 7.12. The Morgan fingerprint density at radius 1 is 1.21 bits per heavy atom. The van der Waals surface area contributed by atoms with E-state index in [1.165, 1.54) is 0 Å². The Labute approximate surface area is 114 Å². The molecule has 0 unspecified atom stereocenters. The van der Waals surface area contributed by atoms with Gasteiger partial charge in [-0.2, -0.15) is 0 Å². The van der Waals surface area contributed by atoms with E-state index in [4.69, 9.17) is 4.74 Å². The molecule has 0 bridgehead atoms. The Bertz CT molecular complexity index is 441. The molecule has 0 aromatic carbocycles. The second kappa shape index (κ2) is 3.82. The summed E-state index contributed by atoms with van der Waals surface area (Å²) in [7, 11) is 0. The van der Waals surface area contributed by atoms with Crippen molar-refractivity contribution in [3.63, 3.8) is 0 Å². The molecule has 3 N–H and O–H groups in total. The topological polar surface area (TPSA) is 69.9 Å². The van der Waals surface area contributed by atoms with Gasteiger partial charge in [0.1, 0.15) is 6.10 Å².